The molecule has 0 unspecified atom stereocenters. The van der Waals surface area contributed by atoms with Crippen LogP contribution in [0.1, 0.15) is 129 Å². The molecule has 0 aromatic rings. The minimum Gasteiger partial charge on any atom is -0.392 e. The number of hydrogen-bond acceptors (Lipinski definition) is 2. The van der Waals surface area contributed by atoms with Crippen molar-refractivity contribution in [3.63, 3.8) is 0 Å². The summed E-state index contributed by atoms with van der Waals surface area (Å²) in [6, 6.07) is 0. The predicted molar refractivity (Wildman–Crippen MR) is 235 cm³/mol. The molecule has 0 fully saturated rings. The third-order valence-electron chi connectivity index (χ3n) is 11.7. The van der Waals surface area contributed by atoms with Gasteiger partial charge in [-0.3, -0.25) is 0 Å². The molecule has 53 heavy (non-hydrogen) atoms. The van der Waals surface area contributed by atoms with Crippen molar-refractivity contribution >= 4 is 0 Å². The smallest absolute Gasteiger partial charge is 0.0666 e. The lowest BCUT2D eigenvalue weighted by Crippen LogP contribution is -2.30. The van der Waals surface area contributed by atoms with Gasteiger partial charge in [-0.1, -0.05) is 163 Å². The van der Waals surface area contributed by atoms with Crippen molar-refractivity contribution in [3.8, 4) is 0 Å². The van der Waals surface area contributed by atoms with Crippen LogP contribution in [-0.2, 0) is 0 Å². The average Bonchev–Trinajstić information content (AvgIpc) is 3.07. The lowest BCUT2D eigenvalue weighted by atomic mass is 9.63. The largest absolute Gasteiger partial charge is 0.392 e. The van der Waals surface area contributed by atoms with Crippen LogP contribution in [0, 0.1) is 22.7 Å². The van der Waals surface area contributed by atoms with Crippen molar-refractivity contribution in [2.24, 2.45) is 22.7 Å². The number of allylic oxidation sites excluding steroid dienone is 25. The van der Waals surface area contributed by atoms with E-state index < -0.39 is 0 Å². The zero-order valence-electron chi connectivity index (χ0n) is 35.9. The van der Waals surface area contributed by atoms with Gasteiger partial charge in [0.2, 0.25) is 0 Å². The number of rotatable bonds is 16. The molecule has 0 saturated heterocycles. The highest BCUT2D eigenvalue weighted by Crippen LogP contribution is 2.48. The van der Waals surface area contributed by atoms with Crippen molar-refractivity contribution < 1.29 is 10.2 Å². The monoisotopic (exact) mass is 719 g/mol. The molecule has 2 aliphatic rings. The highest BCUT2D eigenvalue weighted by atomic mass is 16.3. The molecule has 0 saturated carbocycles. The summed E-state index contributed by atoms with van der Waals surface area (Å²) < 4.78 is 0. The number of hydrogen-bond donors (Lipinski definition) is 2. The van der Waals surface area contributed by atoms with Gasteiger partial charge >= 0.3 is 0 Å². The van der Waals surface area contributed by atoms with Crippen LogP contribution < -0.4 is 0 Å². The first-order valence-corrected chi connectivity index (χ1v) is 19.9. The molecule has 2 rings (SSSR count). The molecule has 0 aromatic heterocycles. The van der Waals surface area contributed by atoms with E-state index in [-0.39, 0.29) is 24.0 Å². The third-order valence-corrected chi connectivity index (χ3v) is 11.7. The summed E-state index contributed by atoms with van der Waals surface area (Å²) in [6.07, 6.45) is 39.8. The second-order valence-corrected chi connectivity index (χ2v) is 17.1. The van der Waals surface area contributed by atoms with E-state index >= 15 is 0 Å². The summed E-state index contributed by atoms with van der Waals surface area (Å²) in [4.78, 5) is 0. The fourth-order valence-corrected chi connectivity index (χ4v) is 7.78. The molecule has 290 valence electrons. The number of aliphatic hydroxyl groups is 2. The SMILES string of the molecule is CC(C)=CC[C@H]1CCC(C)=C(/C=C/C(C)=C/C=C/C(C)=C/C=C/C=C(C)/C=C/C=C(C)/C=C/C2=C(C)CC[C@H](CC(C)=C(CO)CO)C2(C)C)C1(C)C. The van der Waals surface area contributed by atoms with E-state index in [0.29, 0.717) is 11.8 Å². The Labute approximate surface area is 326 Å². The average molecular weight is 719 g/mol. The quantitative estimate of drug-likeness (QED) is 0.123. The van der Waals surface area contributed by atoms with Gasteiger partial charge in [0.05, 0.1) is 13.2 Å². The van der Waals surface area contributed by atoms with Crippen LogP contribution in [0.4, 0.5) is 0 Å². The molecule has 0 spiro atoms. The highest BCUT2D eigenvalue weighted by Gasteiger charge is 2.37. The minimum absolute atomic E-state index is 0.0206. The third kappa shape index (κ3) is 14.7. The highest BCUT2D eigenvalue weighted by molar-refractivity contribution is 5.40. The fraction of sp³-hybridized carbons (Fsp3) is 0.490. The Morgan fingerprint density at radius 2 is 0.981 bits per heavy atom. The molecule has 0 aliphatic heterocycles. The van der Waals surface area contributed by atoms with E-state index in [2.05, 4.69) is 181 Å². The van der Waals surface area contributed by atoms with Crippen LogP contribution >= 0.6 is 0 Å². The maximum atomic E-state index is 9.63. The molecule has 0 bridgehead atoms. The zero-order valence-corrected chi connectivity index (χ0v) is 35.9. The van der Waals surface area contributed by atoms with Crippen molar-refractivity contribution in [3.05, 3.63) is 152 Å². The molecule has 2 N–H and O–H groups in total. The first-order valence-electron chi connectivity index (χ1n) is 19.9. The van der Waals surface area contributed by atoms with Crippen LogP contribution in [0.2, 0.25) is 0 Å². The molecule has 2 aliphatic carbocycles. The lowest BCUT2D eigenvalue weighted by Gasteiger charge is -2.41. The standard InChI is InChI=1S/C51H74O2/c1-37(2)24-29-46-30-27-42(7)48(50(46,10)11)32-25-40(5)22-16-20-38(3)18-14-15-19-39(4)21-17-23-41(6)26-33-49-43(8)28-31-47(51(49,12)13)34-44(9)45(35-52)36-53/h14-26,32-33,46-47,52-53H,27-31,34-36H2,1-13H3/b15-14+,20-16+,21-17+,32-25+,33-26+,38-18+,39-19+,40-22+,41-23+/t46-,47+/m0/s1. The summed E-state index contributed by atoms with van der Waals surface area (Å²) in [6.45, 7) is 29.0. The van der Waals surface area contributed by atoms with E-state index in [1.807, 2.05) is 0 Å². The number of aliphatic hydroxyl groups excluding tert-OH is 2. The predicted octanol–water partition coefficient (Wildman–Crippen LogP) is 14.1. The van der Waals surface area contributed by atoms with Crippen molar-refractivity contribution in [2.75, 3.05) is 13.2 Å². The van der Waals surface area contributed by atoms with Crippen LogP contribution in [0.3, 0.4) is 0 Å². The van der Waals surface area contributed by atoms with E-state index in [9.17, 15) is 10.2 Å². The molecule has 2 heteroatoms. The topological polar surface area (TPSA) is 40.5 Å². The first kappa shape index (κ1) is 45.7. The van der Waals surface area contributed by atoms with Gasteiger partial charge < -0.3 is 10.2 Å². The van der Waals surface area contributed by atoms with E-state index in [0.717, 1.165) is 30.4 Å². The second kappa shape index (κ2) is 22.0. The molecule has 0 radical (unpaired) electrons. The maximum absolute atomic E-state index is 9.63. The fourth-order valence-electron chi connectivity index (χ4n) is 7.78. The van der Waals surface area contributed by atoms with E-state index in [1.165, 1.54) is 69.4 Å². The maximum Gasteiger partial charge on any atom is 0.0666 e. The summed E-state index contributed by atoms with van der Waals surface area (Å²) in [5, 5.41) is 19.3. The van der Waals surface area contributed by atoms with Gasteiger partial charge in [0.15, 0.2) is 0 Å². The van der Waals surface area contributed by atoms with Crippen LogP contribution in [-0.4, -0.2) is 23.4 Å². The molecular formula is C51H74O2. The summed E-state index contributed by atoms with van der Waals surface area (Å²) in [5.74, 6) is 1.16. The van der Waals surface area contributed by atoms with E-state index in [4.69, 9.17) is 0 Å². The van der Waals surface area contributed by atoms with Gasteiger partial charge in [0.25, 0.3) is 0 Å². The van der Waals surface area contributed by atoms with Gasteiger partial charge in [-0.2, -0.15) is 0 Å². The van der Waals surface area contributed by atoms with Crippen LogP contribution in [0.15, 0.2) is 152 Å². The summed E-state index contributed by atoms with van der Waals surface area (Å²) in [5.41, 5.74) is 14.3. The molecule has 2 nitrogen and oxygen atoms in total. The molecular weight excluding hydrogens is 645 g/mol. The van der Waals surface area contributed by atoms with Crippen molar-refractivity contribution in [2.45, 2.75) is 129 Å². The Hall–Kier alpha value is -3.46. The summed E-state index contributed by atoms with van der Waals surface area (Å²) in [7, 11) is 0. The molecule has 0 amide bonds. The Kier molecular flexibility index (Phi) is 19.0. The molecule has 0 aromatic carbocycles. The van der Waals surface area contributed by atoms with Crippen molar-refractivity contribution in [1.82, 2.24) is 0 Å². The minimum atomic E-state index is -0.0690. The van der Waals surface area contributed by atoms with Crippen molar-refractivity contribution in [1.29, 1.82) is 0 Å². The Morgan fingerprint density at radius 3 is 1.42 bits per heavy atom. The van der Waals surface area contributed by atoms with Gasteiger partial charge in [-0.15, -0.1) is 0 Å². The van der Waals surface area contributed by atoms with E-state index in [1.54, 1.807) is 0 Å². The Morgan fingerprint density at radius 1 is 0.585 bits per heavy atom. The second-order valence-electron chi connectivity index (χ2n) is 17.1. The first-order chi connectivity index (χ1) is 24.9. The van der Waals surface area contributed by atoms with Gasteiger partial charge in [-0.25, -0.2) is 0 Å². The molecule has 0 heterocycles. The lowest BCUT2D eigenvalue weighted by molar-refractivity contribution is 0.228. The van der Waals surface area contributed by atoms with Crippen LogP contribution in [0.5, 0.6) is 0 Å². The van der Waals surface area contributed by atoms with Crippen LogP contribution in [0.25, 0.3) is 0 Å². The Bertz CT molecular complexity index is 1640. The van der Waals surface area contributed by atoms with Gasteiger partial charge in [0.1, 0.15) is 0 Å². The van der Waals surface area contributed by atoms with Gasteiger partial charge in [-0.05, 0) is 140 Å². The Balaban J connectivity index is 1.98. The zero-order chi connectivity index (χ0) is 39.8. The summed E-state index contributed by atoms with van der Waals surface area (Å²) >= 11 is 0. The normalized spacial score (nSPS) is 22.1. The molecule has 2 atom stereocenters. The van der Waals surface area contributed by atoms with Gasteiger partial charge in [0, 0.05) is 0 Å².